The highest BCUT2D eigenvalue weighted by Crippen LogP contribution is 2.45. The molecule has 0 amide bonds. The zero-order valence-electron chi connectivity index (χ0n) is 33.6. The van der Waals surface area contributed by atoms with Crippen LogP contribution >= 0.6 is 0 Å². The van der Waals surface area contributed by atoms with Gasteiger partial charge in [-0.3, -0.25) is 0 Å². The first-order valence-electron chi connectivity index (χ1n) is 21.0. The van der Waals surface area contributed by atoms with Gasteiger partial charge >= 0.3 is 0 Å². The second kappa shape index (κ2) is 14.0. The van der Waals surface area contributed by atoms with E-state index in [-0.39, 0.29) is 0 Å². The van der Waals surface area contributed by atoms with Gasteiger partial charge in [-0.15, -0.1) is 0 Å². The third kappa shape index (κ3) is 5.69. The largest absolute Gasteiger partial charge is 0.456 e. The molecule has 0 radical (unpaired) electrons. The van der Waals surface area contributed by atoms with Crippen LogP contribution in [0.25, 0.3) is 133 Å². The van der Waals surface area contributed by atoms with E-state index in [1.165, 1.54) is 0 Å². The van der Waals surface area contributed by atoms with E-state index in [9.17, 15) is 0 Å². The van der Waals surface area contributed by atoms with Gasteiger partial charge in [-0.25, -0.2) is 15.0 Å². The highest BCUT2D eigenvalue weighted by atomic mass is 16.3. The molecule has 4 aromatic heterocycles. The fourth-order valence-electron chi connectivity index (χ4n) is 9.32. The van der Waals surface area contributed by atoms with E-state index in [1.54, 1.807) is 0 Å². The minimum atomic E-state index is 0.540. The monoisotopic (exact) mass is 807 g/mol. The normalized spacial score (nSPS) is 11.8. The van der Waals surface area contributed by atoms with Crippen LogP contribution in [0.2, 0.25) is 0 Å². The van der Waals surface area contributed by atoms with Crippen LogP contribution in [0.1, 0.15) is 0 Å². The van der Waals surface area contributed by atoms with Crippen molar-refractivity contribution in [2.75, 3.05) is 0 Å². The van der Waals surface area contributed by atoms with Crippen LogP contribution in [0.5, 0.6) is 0 Å². The number of fused-ring (bicyclic) bond motifs is 9. The van der Waals surface area contributed by atoms with Crippen molar-refractivity contribution >= 4 is 65.8 Å². The summed E-state index contributed by atoms with van der Waals surface area (Å²) in [5.74, 6) is 1.66. The summed E-state index contributed by atoms with van der Waals surface area (Å²) < 4.78 is 19.5. The fourth-order valence-corrected chi connectivity index (χ4v) is 9.32. The predicted octanol–water partition coefficient (Wildman–Crippen LogP) is 15.6. The number of furan rings is 3. The number of rotatable bonds is 6. The number of nitrogens with zero attached hydrogens (tertiary/aromatic N) is 3. The molecule has 0 saturated carbocycles. The summed E-state index contributed by atoms with van der Waals surface area (Å²) >= 11 is 0. The molecule has 9 aromatic carbocycles. The molecule has 0 spiro atoms. The highest BCUT2D eigenvalue weighted by Gasteiger charge is 2.22. The molecule has 0 saturated heterocycles. The third-order valence-corrected chi connectivity index (χ3v) is 12.2. The Labute approximate surface area is 360 Å². The molecule has 0 aliphatic rings. The molecule has 13 rings (SSSR count). The molecule has 0 aliphatic carbocycles. The maximum atomic E-state index is 6.71. The van der Waals surface area contributed by atoms with Crippen LogP contribution in [-0.2, 0) is 0 Å². The van der Waals surface area contributed by atoms with Crippen LogP contribution in [0.3, 0.4) is 0 Å². The maximum Gasteiger partial charge on any atom is 0.164 e. The number of para-hydroxylation sites is 2. The quantitative estimate of drug-likeness (QED) is 0.166. The molecule has 0 unspecified atom stereocenters. The van der Waals surface area contributed by atoms with E-state index >= 15 is 0 Å². The molecular weight excluding hydrogens is 775 g/mol. The number of hydrogen-bond acceptors (Lipinski definition) is 6. The van der Waals surface area contributed by atoms with Crippen molar-refractivity contribution in [2.24, 2.45) is 0 Å². The maximum absolute atomic E-state index is 6.71. The summed E-state index contributed by atoms with van der Waals surface area (Å²) in [7, 11) is 0. The molecular formula is C57H33N3O3. The molecule has 294 valence electrons. The van der Waals surface area contributed by atoms with Gasteiger partial charge in [0.05, 0.1) is 0 Å². The van der Waals surface area contributed by atoms with Gasteiger partial charge in [-0.2, -0.15) is 0 Å². The number of hydrogen-bond donors (Lipinski definition) is 0. The average Bonchev–Trinajstić information content (AvgIpc) is 4.05. The highest BCUT2D eigenvalue weighted by molar-refractivity contribution is 6.18. The predicted molar refractivity (Wildman–Crippen MR) is 254 cm³/mol. The van der Waals surface area contributed by atoms with E-state index in [0.717, 1.165) is 116 Å². The molecule has 63 heavy (non-hydrogen) atoms. The molecule has 6 nitrogen and oxygen atoms in total. The first-order valence-corrected chi connectivity index (χ1v) is 21.0. The van der Waals surface area contributed by atoms with Gasteiger partial charge in [0.15, 0.2) is 17.5 Å². The zero-order valence-corrected chi connectivity index (χ0v) is 33.6. The van der Waals surface area contributed by atoms with Crippen molar-refractivity contribution in [1.82, 2.24) is 15.0 Å². The van der Waals surface area contributed by atoms with Crippen molar-refractivity contribution in [2.45, 2.75) is 0 Å². The van der Waals surface area contributed by atoms with Crippen LogP contribution in [0, 0.1) is 0 Å². The molecule has 0 fully saturated rings. The Morgan fingerprint density at radius 2 is 0.667 bits per heavy atom. The summed E-state index contributed by atoms with van der Waals surface area (Å²) in [5.41, 5.74) is 14.0. The van der Waals surface area contributed by atoms with Crippen molar-refractivity contribution in [3.05, 3.63) is 200 Å². The Kier molecular flexibility index (Phi) is 7.80. The average molecular weight is 808 g/mol. The lowest BCUT2D eigenvalue weighted by Crippen LogP contribution is -2.00. The summed E-state index contributed by atoms with van der Waals surface area (Å²) in [6.45, 7) is 0. The first-order chi connectivity index (χ1) is 31.2. The molecule has 0 bridgehead atoms. The molecule has 13 aromatic rings. The Bertz CT molecular complexity index is 3920. The summed E-state index contributed by atoms with van der Waals surface area (Å²) in [6, 6.07) is 68.6. The van der Waals surface area contributed by atoms with Crippen molar-refractivity contribution in [3.63, 3.8) is 0 Å². The lowest BCUT2D eigenvalue weighted by molar-refractivity contribution is 0.668. The second-order valence-corrected chi connectivity index (χ2v) is 15.8. The van der Waals surface area contributed by atoms with Gasteiger partial charge in [0.1, 0.15) is 33.5 Å². The Hall–Kier alpha value is -8.61. The second-order valence-electron chi connectivity index (χ2n) is 15.8. The van der Waals surface area contributed by atoms with Crippen LogP contribution < -0.4 is 0 Å². The van der Waals surface area contributed by atoms with Crippen LogP contribution in [0.15, 0.2) is 213 Å². The molecule has 0 aliphatic heterocycles. The lowest BCUT2D eigenvalue weighted by atomic mass is 9.90. The van der Waals surface area contributed by atoms with E-state index in [2.05, 4.69) is 115 Å². The van der Waals surface area contributed by atoms with Crippen LogP contribution in [0.4, 0.5) is 0 Å². The van der Waals surface area contributed by atoms with E-state index in [0.29, 0.717) is 17.5 Å². The number of aromatic nitrogens is 3. The third-order valence-electron chi connectivity index (χ3n) is 12.2. The topological polar surface area (TPSA) is 78.1 Å². The fraction of sp³-hybridized carbons (Fsp3) is 0. The minimum Gasteiger partial charge on any atom is -0.456 e. The summed E-state index contributed by atoms with van der Waals surface area (Å²) in [6.07, 6.45) is 0. The minimum absolute atomic E-state index is 0.540. The standard InChI is InChI=1S/C57H33N3O3/c1-3-15-34(16-4-1)45-31-37(33-51-54(45)43-22-10-12-26-47(43)62-51)57-59-55(35-17-5-2-6-18-35)58-56(60-57)36-29-30-44-50(32-36)63-49-28-14-24-41(53(44)49)39-20-8-7-19-38(39)40-23-13-27-48-52(40)42-21-9-11-25-46(42)61-48/h1-33H. The Morgan fingerprint density at radius 3 is 1.30 bits per heavy atom. The molecule has 0 atom stereocenters. The van der Waals surface area contributed by atoms with E-state index in [1.807, 2.05) is 84.9 Å². The van der Waals surface area contributed by atoms with Crippen molar-refractivity contribution < 1.29 is 13.3 Å². The first kappa shape index (κ1) is 35.2. The van der Waals surface area contributed by atoms with Gasteiger partial charge in [-0.05, 0) is 81.9 Å². The van der Waals surface area contributed by atoms with E-state index in [4.69, 9.17) is 28.2 Å². The Morgan fingerprint density at radius 1 is 0.238 bits per heavy atom. The van der Waals surface area contributed by atoms with Gasteiger partial charge in [0, 0.05) is 49.0 Å². The summed E-state index contributed by atoms with van der Waals surface area (Å²) in [5, 5.41) is 6.38. The Balaban J connectivity index is 0.980. The van der Waals surface area contributed by atoms with Crippen molar-refractivity contribution in [3.8, 4) is 67.5 Å². The SMILES string of the molecule is c1ccc(-c2nc(-c3ccc4c(c3)oc3cccc(-c5ccccc5-c5cccc6oc7ccccc7c56)c34)nc(-c3cc(-c4ccccc4)c4c(c3)oc3ccccc34)n2)cc1. The summed E-state index contributed by atoms with van der Waals surface area (Å²) in [4.78, 5) is 15.4. The van der Waals surface area contributed by atoms with Crippen LogP contribution in [-0.4, -0.2) is 15.0 Å². The van der Waals surface area contributed by atoms with Crippen molar-refractivity contribution in [1.29, 1.82) is 0 Å². The van der Waals surface area contributed by atoms with Gasteiger partial charge in [0.25, 0.3) is 0 Å². The number of benzene rings is 9. The molecule has 0 N–H and O–H groups in total. The van der Waals surface area contributed by atoms with E-state index < -0.39 is 0 Å². The molecule has 4 heterocycles. The van der Waals surface area contributed by atoms with Gasteiger partial charge < -0.3 is 13.3 Å². The van der Waals surface area contributed by atoms with Gasteiger partial charge in [0.2, 0.25) is 0 Å². The smallest absolute Gasteiger partial charge is 0.164 e. The lowest BCUT2D eigenvalue weighted by Gasteiger charge is -2.12. The van der Waals surface area contributed by atoms with Gasteiger partial charge in [-0.1, -0.05) is 152 Å². The zero-order chi connectivity index (χ0) is 41.4. The molecule has 6 heteroatoms.